The summed E-state index contributed by atoms with van der Waals surface area (Å²) < 4.78 is 10.5. The Hall–Kier alpha value is -1.06. The lowest BCUT2D eigenvalue weighted by molar-refractivity contribution is 0.174. The summed E-state index contributed by atoms with van der Waals surface area (Å²) in [7, 11) is 3.33. The fourth-order valence-electron chi connectivity index (χ4n) is 3.75. The Morgan fingerprint density at radius 3 is 2.00 bits per heavy atom. The fourth-order valence-corrected chi connectivity index (χ4v) is 3.75. The molecule has 2 rings (SSSR count). The molecule has 0 saturated heterocycles. The lowest BCUT2D eigenvalue weighted by Crippen LogP contribution is -2.14. The van der Waals surface area contributed by atoms with Gasteiger partial charge < -0.3 is 14.6 Å². The number of aromatic hydroxyl groups is 1. The molecule has 0 amide bonds. The maximum atomic E-state index is 10.3. The quantitative estimate of drug-likeness (QED) is 0.789. The minimum atomic E-state index is 0.326. The molecule has 0 aliphatic heterocycles. The molecule has 124 valence electrons. The van der Waals surface area contributed by atoms with Crippen molar-refractivity contribution in [3.8, 4) is 5.75 Å². The predicted molar refractivity (Wildman–Crippen MR) is 89.1 cm³/mol. The summed E-state index contributed by atoms with van der Waals surface area (Å²) in [6.07, 6.45) is 7.84. The molecule has 1 aromatic rings. The summed E-state index contributed by atoms with van der Waals surface area (Å²) in [5.74, 6) is 1.85. The van der Waals surface area contributed by atoms with Crippen molar-refractivity contribution in [3.63, 3.8) is 0 Å². The van der Waals surface area contributed by atoms with Crippen LogP contribution in [0.15, 0.2) is 12.1 Å². The van der Waals surface area contributed by atoms with Gasteiger partial charge in [0.25, 0.3) is 0 Å². The number of rotatable bonds is 7. The van der Waals surface area contributed by atoms with Crippen LogP contribution < -0.4 is 0 Å². The number of hydrogen-bond donors (Lipinski definition) is 1. The Labute approximate surface area is 134 Å². The summed E-state index contributed by atoms with van der Waals surface area (Å²) in [5.41, 5.74) is 3.09. The second-order valence-corrected chi connectivity index (χ2v) is 6.56. The largest absolute Gasteiger partial charge is 0.507 e. The molecule has 1 aliphatic carbocycles. The maximum absolute atomic E-state index is 10.3. The number of benzene rings is 1. The lowest BCUT2D eigenvalue weighted by Gasteiger charge is -2.29. The van der Waals surface area contributed by atoms with Crippen molar-refractivity contribution in [3.05, 3.63) is 28.8 Å². The minimum Gasteiger partial charge on any atom is -0.507 e. The average Bonchev–Trinajstić information content (AvgIpc) is 2.52. The van der Waals surface area contributed by atoms with E-state index in [1.165, 1.54) is 44.1 Å². The molecule has 1 N–H and O–H groups in total. The number of phenols is 1. The molecule has 0 unspecified atom stereocenters. The Morgan fingerprint density at radius 1 is 1.00 bits per heavy atom. The predicted octanol–water partition coefficient (Wildman–Crippen LogP) is 4.76. The highest BCUT2D eigenvalue weighted by atomic mass is 16.5. The average molecular weight is 306 g/mol. The van der Waals surface area contributed by atoms with E-state index in [4.69, 9.17) is 9.47 Å². The summed E-state index contributed by atoms with van der Waals surface area (Å²) >= 11 is 0. The Morgan fingerprint density at radius 2 is 1.55 bits per heavy atom. The molecule has 1 saturated carbocycles. The minimum absolute atomic E-state index is 0.326. The van der Waals surface area contributed by atoms with E-state index in [-0.39, 0.29) is 0 Å². The van der Waals surface area contributed by atoms with Crippen molar-refractivity contribution in [2.75, 3.05) is 14.2 Å². The first kappa shape index (κ1) is 17.3. The van der Waals surface area contributed by atoms with Gasteiger partial charge in [0.1, 0.15) is 5.75 Å². The molecule has 3 nitrogen and oxygen atoms in total. The van der Waals surface area contributed by atoms with Gasteiger partial charge in [0.15, 0.2) is 0 Å². The number of ether oxygens (including phenoxy) is 2. The monoisotopic (exact) mass is 306 g/mol. The van der Waals surface area contributed by atoms with Crippen LogP contribution in [0.25, 0.3) is 0 Å². The molecule has 3 heteroatoms. The Balaban J connectivity index is 2.16. The van der Waals surface area contributed by atoms with E-state index in [0.717, 1.165) is 17.0 Å². The molecule has 0 bridgehead atoms. The van der Waals surface area contributed by atoms with Crippen LogP contribution in [0.1, 0.15) is 68.1 Å². The molecule has 22 heavy (non-hydrogen) atoms. The first-order valence-corrected chi connectivity index (χ1v) is 8.52. The van der Waals surface area contributed by atoms with Crippen LogP contribution in [0.4, 0.5) is 0 Å². The molecule has 0 atom stereocenters. The van der Waals surface area contributed by atoms with Crippen molar-refractivity contribution in [2.24, 2.45) is 5.92 Å². The van der Waals surface area contributed by atoms with E-state index in [1.807, 2.05) is 0 Å². The maximum Gasteiger partial charge on any atom is 0.126 e. The van der Waals surface area contributed by atoms with E-state index in [2.05, 4.69) is 19.1 Å². The molecule has 1 aliphatic rings. The molecular formula is C19H30O3. The third kappa shape index (κ3) is 4.23. The first-order chi connectivity index (χ1) is 10.7. The Kier molecular flexibility index (Phi) is 6.71. The normalized spacial score (nSPS) is 22.0. The molecule has 0 radical (unpaired) electrons. The number of phenolic OH excluding ortho intramolecular Hbond substituents is 1. The van der Waals surface area contributed by atoms with E-state index in [1.54, 1.807) is 14.2 Å². The third-order valence-electron chi connectivity index (χ3n) is 4.90. The van der Waals surface area contributed by atoms with Gasteiger partial charge in [-0.25, -0.2) is 0 Å². The lowest BCUT2D eigenvalue weighted by atomic mass is 9.76. The molecule has 0 heterocycles. The smallest absolute Gasteiger partial charge is 0.126 e. The number of hydrogen-bond acceptors (Lipinski definition) is 3. The van der Waals surface area contributed by atoms with Crippen LogP contribution in [-0.2, 0) is 22.7 Å². The highest BCUT2D eigenvalue weighted by Crippen LogP contribution is 2.39. The summed E-state index contributed by atoms with van der Waals surface area (Å²) in [6, 6.07) is 4.26. The van der Waals surface area contributed by atoms with Crippen molar-refractivity contribution in [2.45, 2.75) is 64.6 Å². The highest BCUT2D eigenvalue weighted by molar-refractivity contribution is 5.44. The first-order valence-electron chi connectivity index (χ1n) is 8.52. The zero-order valence-corrected chi connectivity index (χ0v) is 14.2. The van der Waals surface area contributed by atoms with Gasteiger partial charge in [-0.05, 0) is 55.2 Å². The van der Waals surface area contributed by atoms with Crippen LogP contribution in [-0.4, -0.2) is 19.3 Å². The molecule has 1 aromatic carbocycles. The van der Waals surface area contributed by atoms with Gasteiger partial charge in [-0.1, -0.05) is 19.8 Å². The van der Waals surface area contributed by atoms with Gasteiger partial charge in [-0.2, -0.15) is 0 Å². The van der Waals surface area contributed by atoms with Gasteiger partial charge in [0, 0.05) is 25.3 Å². The molecule has 1 fully saturated rings. The second-order valence-electron chi connectivity index (χ2n) is 6.56. The van der Waals surface area contributed by atoms with Crippen molar-refractivity contribution in [1.29, 1.82) is 0 Å². The standard InChI is InChI=1S/C19H30O3/c1-4-5-14-6-8-15(9-7-14)16-10-17(12-21-2)19(20)18(11-16)13-22-3/h10-11,14-15,20H,4-9,12-13H2,1-3H3. The van der Waals surface area contributed by atoms with E-state index in [0.29, 0.717) is 24.9 Å². The SMILES string of the molecule is CCCC1CCC(c2cc(COC)c(O)c(COC)c2)CC1. The zero-order valence-electron chi connectivity index (χ0n) is 14.2. The van der Waals surface area contributed by atoms with Gasteiger partial charge in [0.2, 0.25) is 0 Å². The summed E-state index contributed by atoms with van der Waals surface area (Å²) in [5, 5.41) is 10.3. The van der Waals surface area contributed by atoms with Crippen LogP contribution in [0.5, 0.6) is 5.75 Å². The number of methoxy groups -OCH3 is 2. The van der Waals surface area contributed by atoms with Crippen molar-refractivity contribution >= 4 is 0 Å². The van der Waals surface area contributed by atoms with Crippen LogP contribution >= 0.6 is 0 Å². The van der Waals surface area contributed by atoms with E-state index < -0.39 is 0 Å². The van der Waals surface area contributed by atoms with Crippen molar-refractivity contribution in [1.82, 2.24) is 0 Å². The topological polar surface area (TPSA) is 38.7 Å². The van der Waals surface area contributed by atoms with Crippen LogP contribution in [0.3, 0.4) is 0 Å². The van der Waals surface area contributed by atoms with Gasteiger partial charge in [-0.3, -0.25) is 0 Å². The van der Waals surface area contributed by atoms with Gasteiger partial charge in [-0.15, -0.1) is 0 Å². The van der Waals surface area contributed by atoms with Crippen molar-refractivity contribution < 1.29 is 14.6 Å². The summed E-state index contributed by atoms with van der Waals surface area (Å²) in [4.78, 5) is 0. The fraction of sp³-hybridized carbons (Fsp3) is 0.684. The highest BCUT2D eigenvalue weighted by Gasteiger charge is 2.23. The third-order valence-corrected chi connectivity index (χ3v) is 4.90. The zero-order chi connectivity index (χ0) is 15.9. The molecular weight excluding hydrogens is 276 g/mol. The van der Waals surface area contributed by atoms with E-state index in [9.17, 15) is 5.11 Å². The van der Waals surface area contributed by atoms with Gasteiger partial charge in [0.05, 0.1) is 13.2 Å². The summed E-state index contributed by atoms with van der Waals surface area (Å²) in [6.45, 7) is 3.17. The second kappa shape index (κ2) is 8.54. The van der Waals surface area contributed by atoms with Crippen LogP contribution in [0.2, 0.25) is 0 Å². The molecule has 0 aromatic heterocycles. The Bertz CT molecular complexity index is 435. The van der Waals surface area contributed by atoms with E-state index >= 15 is 0 Å². The van der Waals surface area contributed by atoms with Gasteiger partial charge >= 0.3 is 0 Å². The molecule has 0 spiro atoms. The van der Waals surface area contributed by atoms with Crippen LogP contribution in [0, 0.1) is 5.92 Å².